The van der Waals surface area contributed by atoms with Gasteiger partial charge in [0.25, 0.3) is 17.7 Å². The Balaban J connectivity index is 1.25. The molecule has 2 aromatic heterocycles. The number of carbonyl (C=O) groups excluding carboxylic acids is 4. The van der Waals surface area contributed by atoms with Gasteiger partial charge in [-0.3, -0.25) is 14.4 Å². The largest absolute Gasteiger partial charge is 0.333 e. The van der Waals surface area contributed by atoms with E-state index in [0.29, 0.717) is 28.4 Å². The topological polar surface area (TPSA) is 110 Å². The Morgan fingerprint density at radius 3 is 2.57 bits per heavy atom. The van der Waals surface area contributed by atoms with E-state index < -0.39 is 17.8 Å². The molecule has 35 heavy (non-hydrogen) atoms. The standard InChI is InChI=1S/C26H28N4O5/c1-17-15-18(2)29-14-13-21(25(29)27-17)26(34)28-20-9-6-8-19(16-20)7-4-3-5-10-24(33)35-30-22(31)11-12-23(30)32/h6,8-9,13-16H,3-5,7,10-12H2,1-2H3,(H,28,34). The lowest BCUT2D eigenvalue weighted by atomic mass is 10.1. The van der Waals surface area contributed by atoms with Crippen molar-refractivity contribution in [3.63, 3.8) is 0 Å². The third-order valence-corrected chi connectivity index (χ3v) is 5.91. The molecule has 0 saturated carbocycles. The highest BCUT2D eigenvalue weighted by Gasteiger charge is 2.32. The maximum atomic E-state index is 12.9. The van der Waals surface area contributed by atoms with E-state index in [4.69, 9.17) is 4.84 Å². The molecule has 0 aliphatic carbocycles. The van der Waals surface area contributed by atoms with Gasteiger partial charge in [0.2, 0.25) is 0 Å². The molecule has 3 heterocycles. The van der Waals surface area contributed by atoms with Crippen LogP contribution in [0.15, 0.2) is 42.6 Å². The quantitative estimate of drug-likeness (QED) is 0.370. The maximum absolute atomic E-state index is 12.9. The van der Waals surface area contributed by atoms with E-state index in [9.17, 15) is 19.2 Å². The number of hydrogen-bond donors (Lipinski definition) is 1. The second-order valence-electron chi connectivity index (χ2n) is 8.72. The summed E-state index contributed by atoms with van der Waals surface area (Å²) >= 11 is 0. The lowest BCUT2D eigenvalue weighted by Crippen LogP contribution is -2.31. The molecule has 3 amide bonds. The first-order chi connectivity index (χ1) is 16.8. The van der Waals surface area contributed by atoms with Gasteiger partial charge in [-0.05, 0) is 62.9 Å². The first-order valence-corrected chi connectivity index (χ1v) is 11.7. The van der Waals surface area contributed by atoms with Crippen LogP contribution in [0.3, 0.4) is 0 Å². The molecule has 0 radical (unpaired) electrons. The van der Waals surface area contributed by atoms with Gasteiger partial charge in [0.15, 0.2) is 0 Å². The molecule has 4 rings (SSSR count). The van der Waals surface area contributed by atoms with Gasteiger partial charge in [-0.25, -0.2) is 9.78 Å². The van der Waals surface area contributed by atoms with Crippen molar-refractivity contribution in [3.05, 3.63) is 65.1 Å². The highest BCUT2D eigenvalue weighted by Crippen LogP contribution is 2.19. The molecule has 0 spiro atoms. The Labute approximate surface area is 203 Å². The number of benzene rings is 1. The van der Waals surface area contributed by atoms with E-state index in [1.54, 1.807) is 6.07 Å². The summed E-state index contributed by atoms with van der Waals surface area (Å²) in [4.78, 5) is 57.2. The number of hydrogen-bond acceptors (Lipinski definition) is 6. The van der Waals surface area contributed by atoms with Crippen molar-refractivity contribution in [2.75, 3.05) is 5.32 Å². The molecular weight excluding hydrogens is 448 g/mol. The van der Waals surface area contributed by atoms with Crippen LogP contribution in [0.2, 0.25) is 0 Å². The Hall–Kier alpha value is -4.01. The third kappa shape index (κ3) is 5.74. The molecule has 1 saturated heterocycles. The fraction of sp³-hybridized carbons (Fsp3) is 0.346. The zero-order chi connectivity index (χ0) is 24.9. The summed E-state index contributed by atoms with van der Waals surface area (Å²) in [6.45, 7) is 3.88. The van der Waals surface area contributed by atoms with Crippen molar-refractivity contribution in [1.29, 1.82) is 0 Å². The normalized spacial score (nSPS) is 13.5. The summed E-state index contributed by atoms with van der Waals surface area (Å²) < 4.78 is 1.90. The molecule has 0 unspecified atom stereocenters. The van der Waals surface area contributed by atoms with Crippen LogP contribution in [-0.2, 0) is 25.6 Å². The Morgan fingerprint density at radius 2 is 1.80 bits per heavy atom. The zero-order valence-electron chi connectivity index (χ0n) is 19.9. The average molecular weight is 477 g/mol. The van der Waals surface area contributed by atoms with E-state index in [1.165, 1.54) is 0 Å². The number of amides is 3. The summed E-state index contributed by atoms with van der Waals surface area (Å²) in [6, 6.07) is 11.4. The molecule has 0 bridgehead atoms. The molecule has 1 aliphatic rings. The number of anilines is 1. The number of hydroxylamine groups is 2. The second-order valence-corrected chi connectivity index (χ2v) is 8.72. The van der Waals surface area contributed by atoms with E-state index in [0.717, 1.165) is 36.2 Å². The van der Waals surface area contributed by atoms with Crippen molar-refractivity contribution < 1.29 is 24.0 Å². The molecular formula is C26H28N4O5. The molecule has 0 atom stereocenters. The van der Waals surface area contributed by atoms with Crippen LogP contribution in [0.25, 0.3) is 5.65 Å². The van der Waals surface area contributed by atoms with E-state index in [-0.39, 0.29) is 25.2 Å². The van der Waals surface area contributed by atoms with Crippen LogP contribution in [0.1, 0.15) is 65.8 Å². The van der Waals surface area contributed by atoms with Crippen LogP contribution in [0.4, 0.5) is 5.69 Å². The molecule has 1 aromatic carbocycles. The van der Waals surface area contributed by atoms with E-state index in [2.05, 4.69) is 10.3 Å². The highest BCUT2D eigenvalue weighted by molar-refractivity contribution is 6.08. The number of carbonyl (C=O) groups is 4. The molecule has 1 N–H and O–H groups in total. The minimum atomic E-state index is -0.573. The Morgan fingerprint density at radius 1 is 1.03 bits per heavy atom. The average Bonchev–Trinajstić information content (AvgIpc) is 3.38. The predicted molar refractivity (Wildman–Crippen MR) is 128 cm³/mol. The Bertz CT molecular complexity index is 1280. The monoisotopic (exact) mass is 476 g/mol. The Kier molecular flexibility index (Phi) is 7.24. The maximum Gasteiger partial charge on any atom is 0.333 e. The third-order valence-electron chi connectivity index (χ3n) is 5.91. The SMILES string of the molecule is Cc1cc(C)n2ccc(C(=O)Nc3cccc(CCCCCC(=O)ON4C(=O)CCC4=O)c3)c2n1. The lowest BCUT2D eigenvalue weighted by molar-refractivity contribution is -0.197. The van der Waals surface area contributed by atoms with Gasteiger partial charge in [-0.2, -0.15) is 0 Å². The van der Waals surface area contributed by atoms with Crippen LogP contribution < -0.4 is 5.32 Å². The van der Waals surface area contributed by atoms with Gasteiger partial charge in [0.1, 0.15) is 5.65 Å². The molecule has 1 fully saturated rings. The van der Waals surface area contributed by atoms with Crippen LogP contribution in [-0.4, -0.2) is 38.1 Å². The number of nitrogens with zero attached hydrogens (tertiary/aromatic N) is 3. The van der Waals surface area contributed by atoms with E-state index in [1.807, 2.05) is 54.8 Å². The zero-order valence-corrected chi connectivity index (χ0v) is 19.9. The number of aromatic nitrogens is 2. The number of imide groups is 1. The van der Waals surface area contributed by atoms with Crippen LogP contribution in [0.5, 0.6) is 0 Å². The van der Waals surface area contributed by atoms with Crippen molar-refractivity contribution >= 4 is 35.0 Å². The minimum absolute atomic E-state index is 0.0875. The fourth-order valence-electron chi connectivity index (χ4n) is 4.15. The second kappa shape index (κ2) is 10.5. The summed E-state index contributed by atoms with van der Waals surface area (Å²) in [7, 11) is 0. The van der Waals surface area contributed by atoms with Gasteiger partial charge < -0.3 is 14.6 Å². The van der Waals surface area contributed by atoms with Gasteiger partial charge in [-0.15, -0.1) is 5.06 Å². The first-order valence-electron chi connectivity index (χ1n) is 11.7. The minimum Gasteiger partial charge on any atom is -0.330 e. The lowest BCUT2D eigenvalue weighted by Gasteiger charge is -2.12. The number of rotatable bonds is 9. The van der Waals surface area contributed by atoms with Crippen molar-refractivity contribution in [3.8, 4) is 0 Å². The van der Waals surface area contributed by atoms with E-state index >= 15 is 0 Å². The predicted octanol–water partition coefficient (Wildman–Crippen LogP) is 3.91. The molecule has 182 valence electrons. The van der Waals surface area contributed by atoms with Crippen molar-refractivity contribution in [1.82, 2.24) is 14.4 Å². The van der Waals surface area contributed by atoms with Gasteiger partial charge in [0.05, 0.1) is 5.56 Å². The van der Waals surface area contributed by atoms with Gasteiger partial charge in [0, 0.05) is 42.5 Å². The van der Waals surface area contributed by atoms with Gasteiger partial charge >= 0.3 is 5.97 Å². The van der Waals surface area contributed by atoms with Crippen molar-refractivity contribution in [2.24, 2.45) is 0 Å². The number of aryl methyl sites for hydroxylation is 3. The molecule has 9 heteroatoms. The summed E-state index contributed by atoms with van der Waals surface area (Å²) in [5.41, 5.74) is 4.81. The summed E-state index contributed by atoms with van der Waals surface area (Å²) in [5, 5.41) is 3.54. The number of fused-ring (bicyclic) bond motifs is 1. The fourth-order valence-corrected chi connectivity index (χ4v) is 4.15. The molecule has 1 aliphatic heterocycles. The molecule has 9 nitrogen and oxygen atoms in total. The first kappa shape index (κ1) is 24.1. The van der Waals surface area contributed by atoms with Crippen molar-refractivity contribution in [2.45, 2.75) is 58.8 Å². The summed E-state index contributed by atoms with van der Waals surface area (Å²) in [5.74, 6) is -1.73. The van der Waals surface area contributed by atoms with Crippen LogP contribution in [0, 0.1) is 13.8 Å². The smallest absolute Gasteiger partial charge is 0.330 e. The molecule has 3 aromatic rings. The van der Waals surface area contributed by atoms with Crippen LogP contribution >= 0.6 is 0 Å². The number of nitrogens with one attached hydrogen (secondary N) is 1. The van der Waals surface area contributed by atoms with Gasteiger partial charge in [-0.1, -0.05) is 18.6 Å². The highest BCUT2D eigenvalue weighted by atomic mass is 16.7. The summed E-state index contributed by atoms with van der Waals surface area (Å²) in [6.07, 6.45) is 5.18. The number of unbranched alkanes of at least 4 members (excludes halogenated alkanes) is 2.